The zero-order valence-corrected chi connectivity index (χ0v) is 16.8. The molecule has 2 fully saturated rings. The average Bonchev–Trinajstić information content (AvgIpc) is 3.22. The van der Waals surface area contributed by atoms with Gasteiger partial charge in [-0.2, -0.15) is 5.10 Å². The minimum atomic E-state index is 0.0394. The van der Waals surface area contributed by atoms with Crippen LogP contribution in [0.15, 0.2) is 42.7 Å². The lowest BCUT2D eigenvalue weighted by atomic mass is 9.98. The van der Waals surface area contributed by atoms with Crippen LogP contribution in [0.4, 0.5) is 0 Å². The minimum absolute atomic E-state index is 0.0394. The number of carbonyl (C=O) groups is 1. The maximum absolute atomic E-state index is 12.8. The lowest BCUT2D eigenvalue weighted by molar-refractivity contribution is 0.0766. The van der Waals surface area contributed by atoms with E-state index in [9.17, 15) is 4.79 Å². The van der Waals surface area contributed by atoms with Crippen LogP contribution in [0.5, 0.6) is 0 Å². The molecule has 1 N–H and O–H groups in total. The molecule has 0 radical (unpaired) electrons. The van der Waals surface area contributed by atoms with Gasteiger partial charge in [0.1, 0.15) is 0 Å². The number of hydrogen-bond acceptors (Lipinski definition) is 4. The van der Waals surface area contributed by atoms with Gasteiger partial charge in [0.25, 0.3) is 5.91 Å². The molecule has 2 saturated heterocycles. The number of benzene rings is 1. The van der Waals surface area contributed by atoms with Crippen molar-refractivity contribution in [1.82, 2.24) is 24.9 Å². The van der Waals surface area contributed by atoms with Crippen LogP contribution in [-0.4, -0.2) is 70.8 Å². The molecule has 0 spiro atoms. The van der Waals surface area contributed by atoms with Gasteiger partial charge in [-0.3, -0.25) is 14.4 Å². The first kappa shape index (κ1) is 19.2. The summed E-state index contributed by atoms with van der Waals surface area (Å²) in [6, 6.07) is 10.7. The first-order valence-corrected chi connectivity index (χ1v) is 10.5. The summed E-state index contributed by atoms with van der Waals surface area (Å²) in [5, 5.41) is 7.53. The highest BCUT2D eigenvalue weighted by atomic mass is 16.1. The third-order valence-electron chi connectivity index (χ3n) is 6.09. The van der Waals surface area contributed by atoms with E-state index in [1.165, 1.54) is 32.5 Å². The molecule has 6 nitrogen and oxygen atoms in total. The summed E-state index contributed by atoms with van der Waals surface area (Å²) in [5.41, 5.74) is 1.83. The van der Waals surface area contributed by atoms with Crippen LogP contribution in [0.3, 0.4) is 0 Å². The molecule has 28 heavy (non-hydrogen) atoms. The molecule has 1 atom stereocenters. The van der Waals surface area contributed by atoms with Crippen molar-refractivity contribution in [2.45, 2.75) is 44.3 Å². The molecule has 6 heteroatoms. The molecule has 1 aromatic carbocycles. The maximum Gasteiger partial charge on any atom is 0.251 e. The first-order chi connectivity index (χ1) is 13.7. The number of nitrogens with one attached hydrogen (secondary N) is 1. The van der Waals surface area contributed by atoms with E-state index in [1.807, 2.05) is 41.2 Å². The van der Waals surface area contributed by atoms with Crippen molar-refractivity contribution in [3.8, 4) is 0 Å². The van der Waals surface area contributed by atoms with E-state index in [0.717, 1.165) is 30.5 Å². The van der Waals surface area contributed by atoms with E-state index in [4.69, 9.17) is 0 Å². The highest BCUT2D eigenvalue weighted by molar-refractivity contribution is 5.94. The van der Waals surface area contributed by atoms with Gasteiger partial charge >= 0.3 is 0 Å². The van der Waals surface area contributed by atoms with E-state index < -0.39 is 0 Å². The molecule has 0 bridgehead atoms. The van der Waals surface area contributed by atoms with Crippen LogP contribution in [0.1, 0.15) is 41.6 Å². The average molecular weight is 382 g/mol. The second kappa shape index (κ2) is 8.88. The Hall–Kier alpha value is -2.18. The van der Waals surface area contributed by atoms with Crippen LogP contribution in [0.2, 0.25) is 0 Å². The standard InChI is InChI=1S/C22H31N5O/c1-25-13-8-21(9-14-25)26-11-3-7-20(17-26)24-22(28)19-6-2-5-18(15-19)16-27-12-4-10-23-27/h2,4-6,10,12,15,20-21H,3,7-9,11,13-14,16-17H2,1H3,(H,24,28). The Balaban J connectivity index is 1.34. The normalized spacial score (nSPS) is 22.2. The van der Waals surface area contributed by atoms with Crippen LogP contribution in [0.25, 0.3) is 0 Å². The van der Waals surface area contributed by atoms with E-state index in [1.54, 1.807) is 6.20 Å². The summed E-state index contributed by atoms with van der Waals surface area (Å²) in [6.07, 6.45) is 8.43. The molecule has 4 rings (SSSR count). The van der Waals surface area contributed by atoms with Crippen LogP contribution in [0, 0.1) is 0 Å². The number of carbonyl (C=O) groups excluding carboxylic acids is 1. The van der Waals surface area contributed by atoms with Gasteiger partial charge in [-0.05, 0) is 76.1 Å². The summed E-state index contributed by atoms with van der Waals surface area (Å²) in [5.74, 6) is 0.0394. The summed E-state index contributed by atoms with van der Waals surface area (Å²) in [7, 11) is 2.20. The van der Waals surface area contributed by atoms with Gasteiger partial charge in [0.2, 0.25) is 0 Å². The molecule has 0 aliphatic carbocycles. The Morgan fingerprint density at radius 3 is 2.82 bits per heavy atom. The molecule has 1 aromatic heterocycles. The summed E-state index contributed by atoms with van der Waals surface area (Å²) >= 11 is 0. The van der Waals surface area contributed by atoms with Gasteiger partial charge in [-0.25, -0.2) is 0 Å². The van der Waals surface area contributed by atoms with Crippen LogP contribution in [-0.2, 0) is 6.54 Å². The van der Waals surface area contributed by atoms with Crippen molar-refractivity contribution in [2.75, 3.05) is 33.2 Å². The topological polar surface area (TPSA) is 53.4 Å². The molecular weight excluding hydrogens is 350 g/mol. The number of amides is 1. The molecule has 0 saturated carbocycles. The fourth-order valence-electron chi connectivity index (χ4n) is 4.48. The van der Waals surface area contributed by atoms with Gasteiger partial charge in [0.05, 0.1) is 6.54 Å². The molecule has 2 aliphatic heterocycles. The van der Waals surface area contributed by atoms with Crippen molar-refractivity contribution in [3.05, 3.63) is 53.9 Å². The molecular formula is C22H31N5O. The van der Waals surface area contributed by atoms with E-state index in [0.29, 0.717) is 12.6 Å². The van der Waals surface area contributed by atoms with Gasteiger partial charge in [-0.1, -0.05) is 12.1 Å². The predicted octanol–water partition coefficient (Wildman–Crippen LogP) is 2.22. The second-order valence-electron chi connectivity index (χ2n) is 8.25. The Morgan fingerprint density at radius 1 is 1.18 bits per heavy atom. The Morgan fingerprint density at radius 2 is 2.04 bits per heavy atom. The highest BCUT2D eigenvalue weighted by Crippen LogP contribution is 2.21. The number of nitrogens with zero attached hydrogens (tertiary/aromatic N) is 4. The second-order valence-corrected chi connectivity index (χ2v) is 8.25. The first-order valence-electron chi connectivity index (χ1n) is 10.5. The van der Waals surface area contributed by atoms with E-state index in [2.05, 4.69) is 27.3 Å². The van der Waals surface area contributed by atoms with Crippen LogP contribution >= 0.6 is 0 Å². The zero-order valence-electron chi connectivity index (χ0n) is 16.8. The summed E-state index contributed by atoms with van der Waals surface area (Å²) in [4.78, 5) is 17.9. The Labute approximate surface area is 167 Å². The molecule has 150 valence electrons. The molecule has 3 heterocycles. The zero-order chi connectivity index (χ0) is 19.3. The Bertz CT molecular complexity index is 767. The minimum Gasteiger partial charge on any atom is -0.348 e. The van der Waals surface area contributed by atoms with Gasteiger partial charge in [0.15, 0.2) is 0 Å². The smallest absolute Gasteiger partial charge is 0.251 e. The van der Waals surface area contributed by atoms with Crippen molar-refractivity contribution < 1.29 is 4.79 Å². The molecule has 2 aliphatic rings. The van der Waals surface area contributed by atoms with Crippen molar-refractivity contribution in [3.63, 3.8) is 0 Å². The lowest BCUT2D eigenvalue weighted by Gasteiger charge is -2.41. The third-order valence-corrected chi connectivity index (χ3v) is 6.09. The number of hydrogen-bond donors (Lipinski definition) is 1. The van der Waals surface area contributed by atoms with Gasteiger partial charge in [0, 0.05) is 36.6 Å². The largest absolute Gasteiger partial charge is 0.348 e. The Kier molecular flexibility index (Phi) is 6.07. The third kappa shape index (κ3) is 4.80. The lowest BCUT2D eigenvalue weighted by Crippen LogP contribution is -2.53. The molecule has 2 aromatic rings. The van der Waals surface area contributed by atoms with Crippen LogP contribution < -0.4 is 5.32 Å². The van der Waals surface area contributed by atoms with E-state index >= 15 is 0 Å². The maximum atomic E-state index is 12.8. The monoisotopic (exact) mass is 381 g/mol. The number of piperidine rings is 2. The van der Waals surface area contributed by atoms with Crippen molar-refractivity contribution in [1.29, 1.82) is 0 Å². The fraction of sp³-hybridized carbons (Fsp3) is 0.545. The van der Waals surface area contributed by atoms with Crippen molar-refractivity contribution in [2.24, 2.45) is 0 Å². The fourth-order valence-corrected chi connectivity index (χ4v) is 4.48. The summed E-state index contributed by atoms with van der Waals surface area (Å²) in [6.45, 7) is 5.19. The molecule has 1 unspecified atom stereocenters. The highest BCUT2D eigenvalue weighted by Gasteiger charge is 2.28. The number of likely N-dealkylation sites (tertiary alicyclic amines) is 2. The predicted molar refractivity (Wildman–Crippen MR) is 110 cm³/mol. The van der Waals surface area contributed by atoms with E-state index in [-0.39, 0.29) is 11.9 Å². The van der Waals surface area contributed by atoms with Gasteiger partial charge < -0.3 is 10.2 Å². The van der Waals surface area contributed by atoms with Gasteiger partial charge in [-0.15, -0.1) is 0 Å². The number of rotatable bonds is 5. The summed E-state index contributed by atoms with van der Waals surface area (Å²) < 4.78 is 1.87. The van der Waals surface area contributed by atoms with Crippen molar-refractivity contribution >= 4 is 5.91 Å². The SMILES string of the molecule is CN1CCC(N2CCCC(NC(=O)c3cccc(Cn4cccn4)c3)C2)CC1. The molecule has 1 amide bonds. The quantitative estimate of drug-likeness (QED) is 0.863. The number of aromatic nitrogens is 2.